The monoisotopic (exact) mass is 251 g/mol. The molecule has 0 radical (unpaired) electrons. The first-order valence-electron chi connectivity index (χ1n) is 6.50. The zero-order valence-corrected chi connectivity index (χ0v) is 11.9. The first kappa shape index (κ1) is 15.0. The van der Waals surface area contributed by atoms with Crippen molar-refractivity contribution in [3.63, 3.8) is 0 Å². The molecule has 3 nitrogen and oxygen atoms in total. The van der Waals surface area contributed by atoms with Crippen molar-refractivity contribution < 1.29 is 9.84 Å². The fraction of sp³-hybridized carbons (Fsp3) is 0.600. The smallest absolute Gasteiger partial charge is 0.118 e. The van der Waals surface area contributed by atoms with Gasteiger partial charge in [-0.3, -0.25) is 0 Å². The van der Waals surface area contributed by atoms with Crippen LogP contribution in [0.3, 0.4) is 0 Å². The molecule has 1 atom stereocenters. The molecular weight excluding hydrogens is 226 g/mol. The molecule has 0 spiro atoms. The van der Waals surface area contributed by atoms with E-state index in [1.165, 1.54) is 5.56 Å². The van der Waals surface area contributed by atoms with Crippen molar-refractivity contribution in [1.82, 2.24) is 5.32 Å². The van der Waals surface area contributed by atoms with Crippen LogP contribution in [0.2, 0.25) is 0 Å². The highest BCUT2D eigenvalue weighted by Crippen LogP contribution is 2.21. The van der Waals surface area contributed by atoms with Gasteiger partial charge in [-0.15, -0.1) is 0 Å². The van der Waals surface area contributed by atoms with E-state index in [2.05, 4.69) is 38.2 Å². The summed E-state index contributed by atoms with van der Waals surface area (Å²) in [5.74, 6) is 0.879. The molecule has 0 fully saturated rings. The number of rotatable bonds is 7. The minimum atomic E-state index is -0.0834. The van der Waals surface area contributed by atoms with Crippen LogP contribution in [0.1, 0.15) is 38.8 Å². The van der Waals surface area contributed by atoms with Gasteiger partial charge in [-0.25, -0.2) is 0 Å². The summed E-state index contributed by atoms with van der Waals surface area (Å²) in [6.45, 7) is 7.27. The lowest BCUT2D eigenvalue weighted by molar-refractivity contribution is 0.152. The Hall–Kier alpha value is -1.06. The number of hydrogen-bond donors (Lipinski definition) is 2. The molecule has 1 rings (SSSR count). The fourth-order valence-electron chi connectivity index (χ4n) is 1.79. The number of aliphatic hydroxyl groups is 1. The molecule has 0 bridgehead atoms. The number of nitrogens with one attached hydrogen (secondary N) is 1. The van der Waals surface area contributed by atoms with Crippen LogP contribution in [0.4, 0.5) is 0 Å². The largest absolute Gasteiger partial charge is 0.497 e. The second-order valence-electron chi connectivity index (χ2n) is 5.44. The Morgan fingerprint density at radius 1 is 1.28 bits per heavy atom. The second kappa shape index (κ2) is 6.76. The van der Waals surface area contributed by atoms with Crippen LogP contribution in [0.25, 0.3) is 0 Å². The van der Waals surface area contributed by atoms with Gasteiger partial charge in [-0.1, -0.05) is 32.9 Å². The average Bonchev–Trinajstić information content (AvgIpc) is 2.40. The van der Waals surface area contributed by atoms with E-state index in [0.717, 1.165) is 18.7 Å². The van der Waals surface area contributed by atoms with Crippen molar-refractivity contribution in [2.75, 3.05) is 20.3 Å². The molecule has 0 aliphatic carbocycles. The van der Waals surface area contributed by atoms with Gasteiger partial charge in [0.05, 0.1) is 7.11 Å². The summed E-state index contributed by atoms with van der Waals surface area (Å²) in [5, 5.41) is 12.8. The molecule has 0 heterocycles. The Morgan fingerprint density at radius 2 is 1.89 bits per heavy atom. The summed E-state index contributed by atoms with van der Waals surface area (Å²) in [4.78, 5) is 0. The van der Waals surface area contributed by atoms with Gasteiger partial charge in [0.25, 0.3) is 0 Å². The molecule has 1 unspecified atom stereocenters. The SMILES string of the molecule is CCC(NCC(C)(C)CO)c1ccc(OC)cc1. The summed E-state index contributed by atoms with van der Waals surface area (Å²) in [7, 11) is 1.67. The van der Waals surface area contributed by atoms with Gasteiger partial charge in [0, 0.05) is 24.6 Å². The maximum absolute atomic E-state index is 9.26. The van der Waals surface area contributed by atoms with Gasteiger partial charge in [0.1, 0.15) is 5.75 Å². The summed E-state index contributed by atoms with van der Waals surface area (Å²) >= 11 is 0. The lowest BCUT2D eigenvalue weighted by atomic mass is 9.93. The van der Waals surface area contributed by atoms with E-state index in [9.17, 15) is 5.11 Å². The van der Waals surface area contributed by atoms with Crippen LogP contribution in [0.5, 0.6) is 5.75 Å². The summed E-state index contributed by atoms with van der Waals surface area (Å²) in [6.07, 6.45) is 1.02. The van der Waals surface area contributed by atoms with E-state index < -0.39 is 0 Å². The predicted octanol–water partition coefficient (Wildman–Crippen LogP) is 2.75. The topological polar surface area (TPSA) is 41.5 Å². The van der Waals surface area contributed by atoms with Gasteiger partial charge in [-0.05, 0) is 24.1 Å². The van der Waals surface area contributed by atoms with E-state index >= 15 is 0 Å². The lowest BCUT2D eigenvalue weighted by Gasteiger charge is -2.26. The highest BCUT2D eigenvalue weighted by Gasteiger charge is 2.18. The van der Waals surface area contributed by atoms with Crippen LogP contribution in [-0.4, -0.2) is 25.4 Å². The van der Waals surface area contributed by atoms with Crippen LogP contribution in [-0.2, 0) is 0 Å². The Balaban J connectivity index is 2.65. The number of hydrogen-bond acceptors (Lipinski definition) is 3. The Bertz CT molecular complexity index is 346. The Kier molecular flexibility index (Phi) is 5.63. The standard InChI is InChI=1S/C15H25NO2/c1-5-14(16-10-15(2,3)11-17)12-6-8-13(18-4)9-7-12/h6-9,14,16-17H,5,10-11H2,1-4H3. The predicted molar refractivity (Wildman–Crippen MR) is 74.9 cm³/mol. The molecule has 3 heteroatoms. The van der Waals surface area contributed by atoms with Gasteiger partial charge >= 0.3 is 0 Å². The van der Waals surface area contributed by atoms with Gasteiger partial charge < -0.3 is 15.2 Å². The van der Waals surface area contributed by atoms with E-state index in [0.29, 0.717) is 6.04 Å². The molecule has 0 saturated heterocycles. The van der Waals surface area contributed by atoms with Gasteiger partial charge in [0.15, 0.2) is 0 Å². The third-order valence-corrected chi connectivity index (χ3v) is 3.18. The lowest BCUT2D eigenvalue weighted by Crippen LogP contribution is -2.34. The van der Waals surface area contributed by atoms with Gasteiger partial charge in [0.2, 0.25) is 0 Å². The average molecular weight is 251 g/mol. The molecule has 0 saturated carbocycles. The summed E-state index contributed by atoms with van der Waals surface area (Å²) in [5.41, 5.74) is 1.17. The maximum Gasteiger partial charge on any atom is 0.118 e. The van der Waals surface area contributed by atoms with E-state index in [1.54, 1.807) is 7.11 Å². The third-order valence-electron chi connectivity index (χ3n) is 3.18. The van der Waals surface area contributed by atoms with E-state index in [-0.39, 0.29) is 12.0 Å². The maximum atomic E-state index is 9.26. The van der Waals surface area contributed by atoms with Gasteiger partial charge in [-0.2, -0.15) is 0 Å². The zero-order valence-electron chi connectivity index (χ0n) is 11.9. The highest BCUT2D eigenvalue weighted by molar-refractivity contribution is 5.29. The molecule has 18 heavy (non-hydrogen) atoms. The van der Waals surface area contributed by atoms with Crippen LogP contribution >= 0.6 is 0 Å². The van der Waals surface area contributed by atoms with E-state index in [1.807, 2.05) is 12.1 Å². The van der Waals surface area contributed by atoms with Crippen molar-refractivity contribution in [2.24, 2.45) is 5.41 Å². The van der Waals surface area contributed by atoms with Crippen LogP contribution in [0, 0.1) is 5.41 Å². The fourth-order valence-corrected chi connectivity index (χ4v) is 1.79. The molecule has 2 N–H and O–H groups in total. The number of benzene rings is 1. The summed E-state index contributed by atoms with van der Waals surface area (Å²) < 4.78 is 5.16. The molecular formula is C15H25NO2. The summed E-state index contributed by atoms with van der Waals surface area (Å²) in [6, 6.07) is 8.47. The molecule has 0 aliphatic rings. The Morgan fingerprint density at radius 3 is 2.33 bits per heavy atom. The van der Waals surface area contributed by atoms with E-state index in [4.69, 9.17) is 4.74 Å². The normalized spacial score (nSPS) is 13.4. The molecule has 1 aromatic carbocycles. The molecule has 0 amide bonds. The van der Waals surface area contributed by atoms with Crippen molar-refractivity contribution >= 4 is 0 Å². The number of aliphatic hydroxyl groups excluding tert-OH is 1. The van der Waals surface area contributed by atoms with Crippen LogP contribution in [0.15, 0.2) is 24.3 Å². The first-order chi connectivity index (χ1) is 8.52. The molecule has 0 aliphatic heterocycles. The van der Waals surface area contributed by atoms with Crippen molar-refractivity contribution in [3.8, 4) is 5.75 Å². The van der Waals surface area contributed by atoms with Crippen molar-refractivity contribution in [3.05, 3.63) is 29.8 Å². The number of methoxy groups -OCH3 is 1. The van der Waals surface area contributed by atoms with Crippen molar-refractivity contribution in [2.45, 2.75) is 33.2 Å². The minimum absolute atomic E-state index is 0.0834. The first-order valence-corrected chi connectivity index (χ1v) is 6.50. The zero-order chi connectivity index (χ0) is 13.6. The number of ether oxygens (including phenoxy) is 1. The quantitative estimate of drug-likeness (QED) is 0.783. The molecule has 1 aromatic rings. The second-order valence-corrected chi connectivity index (χ2v) is 5.44. The van der Waals surface area contributed by atoms with Crippen molar-refractivity contribution in [1.29, 1.82) is 0 Å². The highest BCUT2D eigenvalue weighted by atomic mass is 16.5. The molecule has 0 aromatic heterocycles. The van der Waals surface area contributed by atoms with Crippen LogP contribution < -0.4 is 10.1 Å². The third kappa shape index (κ3) is 4.31. The molecule has 102 valence electrons. The minimum Gasteiger partial charge on any atom is -0.497 e. The Labute approximate surface area is 110 Å².